The van der Waals surface area contributed by atoms with Crippen molar-refractivity contribution in [2.45, 2.75) is 6.61 Å². The third-order valence-electron chi connectivity index (χ3n) is 4.40. The van der Waals surface area contributed by atoms with Crippen LogP contribution in [0.15, 0.2) is 60.7 Å². The number of benzene rings is 3. The van der Waals surface area contributed by atoms with Crippen molar-refractivity contribution < 1.29 is 18.3 Å². The van der Waals surface area contributed by atoms with Crippen LogP contribution in [0.5, 0.6) is 11.5 Å². The summed E-state index contributed by atoms with van der Waals surface area (Å²) < 4.78 is 35.2. The number of hydrogen-bond acceptors (Lipinski definition) is 5. The first kappa shape index (κ1) is 20.0. The number of nitrogens with two attached hydrogens (primary N) is 1. The van der Waals surface area contributed by atoms with E-state index in [0.29, 0.717) is 22.6 Å². The van der Waals surface area contributed by atoms with Crippen molar-refractivity contribution in [1.82, 2.24) is 0 Å². The first-order valence-electron chi connectivity index (χ1n) is 8.70. The number of anilines is 2. The third-order valence-corrected chi connectivity index (χ3v) is 4.40. The van der Waals surface area contributed by atoms with Crippen LogP contribution in [0.1, 0.15) is 0 Å². The highest BCUT2D eigenvalue weighted by Crippen LogP contribution is 2.37. The molecular weight excluding hydrogens is 376 g/mol. The minimum atomic E-state index is -2.96. The molecule has 0 aliphatic rings. The molecule has 0 heterocycles. The number of ether oxygens (including phenoxy) is 2. The van der Waals surface area contributed by atoms with E-state index >= 15 is 0 Å². The summed E-state index contributed by atoms with van der Waals surface area (Å²) in [6.45, 7) is 0.987. The molecule has 0 unspecified atom stereocenters. The zero-order chi connectivity index (χ0) is 21.0. The SMILES string of the molecule is C=C(C#N)CNc1c(OC)ccc2ccc(-c3ccc(N)c(OC(F)F)c3)cc12. The van der Waals surface area contributed by atoms with Crippen LogP contribution in [0.25, 0.3) is 21.9 Å². The van der Waals surface area contributed by atoms with Gasteiger partial charge in [-0.15, -0.1) is 0 Å². The van der Waals surface area contributed by atoms with Gasteiger partial charge in [-0.25, -0.2) is 0 Å². The molecule has 3 aromatic rings. The highest BCUT2D eigenvalue weighted by Gasteiger charge is 2.13. The quantitative estimate of drug-likeness (QED) is 0.425. The maximum absolute atomic E-state index is 12.6. The Balaban J connectivity index is 2.09. The minimum absolute atomic E-state index is 0.0769. The molecule has 3 aromatic carbocycles. The van der Waals surface area contributed by atoms with Gasteiger partial charge in [-0.3, -0.25) is 0 Å². The largest absolute Gasteiger partial charge is 0.495 e. The third kappa shape index (κ3) is 4.38. The number of hydrogen-bond donors (Lipinski definition) is 2. The second kappa shape index (κ2) is 8.48. The van der Waals surface area contributed by atoms with Gasteiger partial charge in [-0.05, 0) is 40.8 Å². The summed E-state index contributed by atoms with van der Waals surface area (Å²) in [4.78, 5) is 0. The van der Waals surface area contributed by atoms with Gasteiger partial charge in [0, 0.05) is 17.5 Å². The van der Waals surface area contributed by atoms with E-state index in [1.54, 1.807) is 13.2 Å². The summed E-state index contributed by atoms with van der Waals surface area (Å²) in [6.07, 6.45) is 0. The predicted molar refractivity (Wildman–Crippen MR) is 110 cm³/mol. The molecule has 0 spiro atoms. The number of fused-ring (bicyclic) bond motifs is 1. The smallest absolute Gasteiger partial charge is 0.387 e. The summed E-state index contributed by atoms with van der Waals surface area (Å²) in [7, 11) is 1.56. The standard InChI is InChI=1S/C22H19F2N3O2/c1-13(11-25)12-27-21-17-9-15(4-3-14(17)6-8-19(21)28-2)16-5-7-18(26)20(10-16)29-22(23)24/h3-10,22,27H,1,12,26H2,2H3. The van der Waals surface area contributed by atoms with Gasteiger partial charge in [-0.2, -0.15) is 14.0 Å². The van der Waals surface area contributed by atoms with Crippen LogP contribution >= 0.6 is 0 Å². The molecule has 0 aliphatic heterocycles. The van der Waals surface area contributed by atoms with Crippen molar-refractivity contribution in [3.63, 3.8) is 0 Å². The van der Waals surface area contributed by atoms with Crippen molar-refractivity contribution in [3.8, 4) is 28.7 Å². The van der Waals surface area contributed by atoms with Crippen molar-refractivity contribution in [3.05, 3.63) is 60.7 Å². The van der Waals surface area contributed by atoms with Crippen molar-refractivity contribution in [2.75, 3.05) is 24.7 Å². The van der Waals surface area contributed by atoms with Gasteiger partial charge in [-0.1, -0.05) is 30.8 Å². The summed E-state index contributed by atoms with van der Waals surface area (Å²) in [5, 5.41) is 13.9. The molecule has 29 heavy (non-hydrogen) atoms. The lowest BCUT2D eigenvalue weighted by atomic mass is 9.99. The molecule has 0 amide bonds. The Labute approximate surface area is 167 Å². The Kier molecular flexibility index (Phi) is 5.84. The van der Waals surface area contributed by atoms with E-state index in [2.05, 4.69) is 16.6 Å². The Morgan fingerprint density at radius 3 is 2.52 bits per heavy atom. The minimum Gasteiger partial charge on any atom is -0.495 e. The summed E-state index contributed by atoms with van der Waals surface area (Å²) in [5.41, 5.74) is 8.41. The van der Waals surface area contributed by atoms with Crippen molar-refractivity contribution in [2.24, 2.45) is 0 Å². The Hall–Kier alpha value is -3.79. The number of methoxy groups -OCH3 is 1. The maximum atomic E-state index is 12.6. The van der Waals surface area contributed by atoms with Gasteiger partial charge in [0.2, 0.25) is 0 Å². The van der Waals surface area contributed by atoms with Crippen molar-refractivity contribution >= 4 is 22.1 Å². The number of rotatable bonds is 7. The van der Waals surface area contributed by atoms with Gasteiger partial charge < -0.3 is 20.5 Å². The molecule has 0 fully saturated rings. The lowest BCUT2D eigenvalue weighted by Crippen LogP contribution is -2.05. The van der Waals surface area contributed by atoms with E-state index in [1.165, 1.54) is 12.1 Å². The highest BCUT2D eigenvalue weighted by atomic mass is 19.3. The van der Waals surface area contributed by atoms with Crippen LogP contribution in [-0.2, 0) is 0 Å². The molecule has 0 saturated heterocycles. The zero-order valence-electron chi connectivity index (χ0n) is 15.7. The Morgan fingerprint density at radius 1 is 1.14 bits per heavy atom. The van der Waals surface area contributed by atoms with Crippen LogP contribution < -0.4 is 20.5 Å². The van der Waals surface area contributed by atoms with Crippen LogP contribution in [0, 0.1) is 11.3 Å². The van der Waals surface area contributed by atoms with Gasteiger partial charge in [0.1, 0.15) is 11.5 Å². The van der Waals surface area contributed by atoms with Crippen LogP contribution in [0.3, 0.4) is 0 Å². The van der Waals surface area contributed by atoms with Gasteiger partial charge >= 0.3 is 6.61 Å². The molecule has 0 aromatic heterocycles. The van der Waals surface area contributed by atoms with Gasteiger partial charge in [0.05, 0.1) is 24.6 Å². The lowest BCUT2D eigenvalue weighted by Gasteiger charge is -2.15. The van der Waals surface area contributed by atoms with Crippen molar-refractivity contribution in [1.29, 1.82) is 5.26 Å². The lowest BCUT2D eigenvalue weighted by molar-refractivity contribution is -0.0492. The van der Waals surface area contributed by atoms with E-state index in [0.717, 1.165) is 16.3 Å². The Morgan fingerprint density at radius 2 is 1.83 bits per heavy atom. The molecular formula is C22H19F2N3O2. The van der Waals surface area contributed by atoms with Gasteiger partial charge in [0.15, 0.2) is 0 Å². The highest BCUT2D eigenvalue weighted by molar-refractivity contribution is 5.99. The molecule has 0 saturated carbocycles. The second-order valence-electron chi connectivity index (χ2n) is 6.28. The molecule has 0 radical (unpaired) electrons. The van der Waals surface area contributed by atoms with Crippen LogP contribution in [0.2, 0.25) is 0 Å². The van der Waals surface area contributed by atoms with Gasteiger partial charge in [0.25, 0.3) is 0 Å². The van der Waals surface area contributed by atoms with E-state index in [9.17, 15) is 8.78 Å². The monoisotopic (exact) mass is 395 g/mol. The van der Waals surface area contributed by atoms with Crippen LogP contribution in [-0.4, -0.2) is 20.3 Å². The molecule has 3 N–H and O–H groups in total. The summed E-state index contributed by atoms with van der Waals surface area (Å²) in [5.74, 6) is 0.534. The van der Waals surface area contributed by atoms with E-state index in [1.807, 2.05) is 36.4 Å². The fraction of sp³-hybridized carbons (Fsp3) is 0.136. The fourth-order valence-corrected chi connectivity index (χ4v) is 2.98. The maximum Gasteiger partial charge on any atom is 0.387 e. The van der Waals surface area contributed by atoms with Crippen LogP contribution in [0.4, 0.5) is 20.2 Å². The molecule has 0 aliphatic carbocycles. The number of alkyl halides is 2. The molecule has 0 bridgehead atoms. The first-order chi connectivity index (χ1) is 13.9. The molecule has 0 atom stereocenters. The zero-order valence-corrected chi connectivity index (χ0v) is 15.7. The average Bonchev–Trinajstić information content (AvgIpc) is 2.72. The molecule has 3 rings (SSSR count). The number of halogens is 2. The Bertz CT molecular complexity index is 1110. The topological polar surface area (TPSA) is 80.3 Å². The number of nitrogen functional groups attached to an aromatic ring is 1. The second-order valence-corrected chi connectivity index (χ2v) is 6.28. The molecule has 7 heteroatoms. The summed E-state index contributed by atoms with van der Waals surface area (Å²) >= 11 is 0. The first-order valence-corrected chi connectivity index (χ1v) is 8.70. The molecule has 148 valence electrons. The molecule has 5 nitrogen and oxygen atoms in total. The van der Waals surface area contributed by atoms with E-state index in [4.69, 9.17) is 15.7 Å². The summed E-state index contributed by atoms with van der Waals surface area (Å²) in [6, 6.07) is 16.2. The number of nitrogens with zero attached hydrogens (tertiary/aromatic N) is 1. The number of nitriles is 1. The van der Waals surface area contributed by atoms with E-state index in [-0.39, 0.29) is 18.0 Å². The number of nitrogens with one attached hydrogen (secondary N) is 1. The fourth-order valence-electron chi connectivity index (χ4n) is 2.98. The predicted octanol–water partition coefficient (Wildman–Crippen LogP) is 5.19. The normalized spacial score (nSPS) is 10.6. The average molecular weight is 395 g/mol. The van der Waals surface area contributed by atoms with E-state index < -0.39 is 6.61 Å².